The van der Waals surface area contributed by atoms with Crippen LogP contribution in [0.5, 0.6) is 5.75 Å². The fourth-order valence-corrected chi connectivity index (χ4v) is 3.11. The van der Waals surface area contributed by atoms with Gasteiger partial charge in [-0.15, -0.1) is 0 Å². The summed E-state index contributed by atoms with van der Waals surface area (Å²) in [6.07, 6.45) is 8.21. The van der Waals surface area contributed by atoms with E-state index in [1.54, 1.807) is 13.3 Å². The van der Waals surface area contributed by atoms with E-state index in [4.69, 9.17) is 4.74 Å². The van der Waals surface area contributed by atoms with Crippen molar-refractivity contribution < 1.29 is 4.74 Å². The van der Waals surface area contributed by atoms with Gasteiger partial charge < -0.3 is 10.1 Å². The number of anilines is 2. The average molecular weight is 310 g/mol. The van der Waals surface area contributed by atoms with Crippen molar-refractivity contribution in [3.8, 4) is 5.75 Å². The molecule has 0 atom stereocenters. The first-order valence-corrected chi connectivity index (χ1v) is 7.80. The highest BCUT2D eigenvalue weighted by atomic mass is 16.5. The van der Waals surface area contributed by atoms with Crippen molar-refractivity contribution >= 4 is 22.7 Å². The molecule has 7 nitrogen and oxygen atoms in total. The van der Waals surface area contributed by atoms with Gasteiger partial charge in [0.1, 0.15) is 17.9 Å². The summed E-state index contributed by atoms with van der Waals surface area (Å²) < 4.78 is 5.23. The first-order valence-electron chi connectivity index (χ1n) is 7.80. The number of methoxy groups -OCH3 is 1. The third kappa shape index (κ3) is 2.69. The molecule has 118 valence electrons. The number of ether oxygens (including phenoxy) is 1. The normalized spacial score (nSPS) is 15.2. The number of aromatic nitrogens is 5. The Kier molecular flexibility index (Phi) is 3.53. The number of nitrogens with zero attached hydrogens (tertiary/aromatic N) is 4. The van der Waals surface area contributed by atoms with E-state index < -0.39 is 0 Å². The Labute approximate surface area is 133 Å². The van der Waals surface area contributed by atoms with Crippen LogP contribution in [0.2, 0.25) is 0 Å². The summed E-state index contributed by atoms with van der Waals surface area (Å²) in [5.74, 6) is 2.70. The first kappa shape index (κ1) is 13.9. The van der Waals surface area contributed by atoms with Crippen LogP contribution in [0.25, 0.3) is 11.0 Å². The summed E-state index contributed by atoms with van der Waals surface area (Å²) in [5, 5.41) is 11.6. The standard InChI is InChI=1S/C16H18N6O/c1-23-11-6-12-15(17-8-11)18-9-19-16(12)20-14-7-13(21-22-14)10-4-2-3-5-10/h6-10H,2-5H2,1H3,(H2,17,18,19,20,21,22). The molecule has 0 amide bonds. The van der Waals surface area contributed by atoms with Gasteiger partial charge in [-0.05, 0) is 18.9 Å². The molecule has 3 aromatic heterocycles. The maximum Gasteiger partial charge on any atom is 0.164 e. The highest BCUT2D eigenvalue weighted by molar-refractivity contribution is 5.88. The average Bonchev–Trinajstić information content (AvgIpc) is 3.26. The highest BCUT2D eigenvalue weighted by Gasteiger charge is 2.19. The van der Waals surface area contributed by atoms with Gasteiger partial charge in [-0.2, -0.15) is 5.10 Å². The van der Waals surface area contributed by atoms with Gasteiger partial charge in [0.25, 0.3) is 0 Å². The number of aromatic amines is 1. The molecule has 0 aliphatic heterocycles. The van der Waals surface area contributed by atoms with Crippen molar-refractivity contribution in [1.82, 2.24) is 25.1 Å². The van der Waals surface area contributed by atoms with Crippen molar-refractivity contribution in [3.63, 3.8) is 0 Å². The van der Waals surface area contributed by atoms with E-state index in [1.165, 1.54) is 37.7 Å². The predicted molar refractivity (Wildman–Crippen MR) is 87.0 cm³/mol. The smallest absolute Gasteiger partial charge is 0.164 e. The van der Waals surface area contributed by atoms with E-state index >= 15 is 0 Å². The van der Waals surface area contributed by atoms with Gasteiger partial charge >= 0.3 is 0 Å². The Morgan fingerprint density at radius 3 is 2.87 bits per heavy atom. The molecule has 0 bridgehead atoms. The Bertz CT molecular complexity index is 824. The summed E-state index contributed by atoms with van der Waals surface area (Å²) >= 11 is 0. The number of hydrogen-bond donors (Lipinski definition) is 2. The number of rotatable bonds is 4. The van der Waals surface area contributed by atoms with Crippen molar-refractivity contribution in [3.05, 3.63) is 30.4 Å². The summed E-state index contributed by atoms with van der Waals surface area (Å²) in [6.45, 7) is 0. The van der Waals surface area contributed by atoms with Crippen molar-refractivity contribution in [2.75, 3.05) is 12.4 Å². The molecule has 0 spiro atoms. The maximum absolute atomic E-state index is 5.23. The summed E-state index contributed by atoms with van der Waals surface area (Å²) in [5.41, 5.74) is 1.81. The van der Waals surface area contributed by atoms with Crippen LogP contribution in [0, 0.1) is 0 Å². The van der Waals surface area contributed by atoms with Gasteiger partial charge in [0.2, 0.25) is 0 Å². The molecule has 2 N–H and O–H groups in total. The molecule has 1 fully saturated rings. The molecular weight excluding hydrogens is 292 g/mol. The Balaban J connectivity index is 1.64. The molecule has 0 aromatic carbocycles. The molecule has 1 aliphatic carbocycles. The molecule has 1 saturated carbocycles. The second-order valence-electron chi connectivity index (χ2n) is 5.78. The third-order valence-corrected chi connectivity index (χ3v) is 4.34. The van der Waals surface area contributed by atoms with E-state index in [2.05, 4.69) is 36.5 Å². The van der Waals surface area contributed by atoms with E-state index in [9.17, 15) is 0 Å². The lowest BCUT2D eigenvalue weighted by Crippen LogP contribution is -1.98. The summed E-state index contributed by atoms with van der Waals surface area (Å²) in [6, 6.07) is 3.94. The maximum atomic E-state index is 5.23. The predicted octanol–water partition coefficient (Wildman–Crippen LogP) is 3.16. The fraction of sp³-hybridized carbons (Fsp3) is 0.375. The lowest BCUT2D eigenvalue weighted by atomic mass is 10.0. The second kappa shape index (κ2) is 5.83. The quantitative estimate of drug-likeness (QED) is 0.769. The van der Waals surface area contributed by atoms with Gasteiger partial charge in [0.15, 0.2) is 11.5 Å². The number of H-pyrrole nitrogens is 1. The monoisotopic (exact) mass is 310 g/mol. The number of fused-ring (bicyclic) bond motifs is 1. The second-order valence-corrected chi connectivity index (χ2v) is 5.78. The van der Waals surface area contributed by atoms with Crippen LogP contribution < -0.4 is 10.1 Å². The van der Waals surface area contributed by atoms with E-state index in [0.717, 1.165) is 11.2 Å². The molecule has 0 unspecified atom stereocenters. The van der Waals surface area contributed by atoms with E-state index in [-0.39, 0.29) is 0 Å². The van der Waals surface area contributed by atoms with Crippen molar-refractivity contribution in [2.45, 2.75) is 31.6 Å². The van der Waals surface area contributed by atoms with Gasteiger partial charge in [-0.1, -0.05) is 12.8 Å². The zero-order valence-electron chi connectivity index (χ0n) is 12.9. The zero-order valence-corrected chi connectivity index (χ0v) is 12.9. The molecular formula is C16H18N6O. The zero-order chi connectivity index (χ0) is 15.6. The van der Waals surface area contributed by atoms with Crippen LogP contribution in [0.4, 0.5) is 11.6 Å². The third-order valence-electron chi connectivity index (χ3n) is 4.34. The highest BCUT2D eigenvalue weighted by Crippen LogP contribution is 2.34. The molecule has 7 heteroatoms. The minimum absolute atomic E-state index is 0.599. The minimum atomic E-state index is 0.599. The van der Waals surface area contributed by atoms with Crippen LogP contribution in [0.3, 0.4) is 0 Å². The Morgan fingerprint density at radius 1 is 1.17 bits per heavy atom. The molecule has 0 saturated heterocycles. The first-order chi connectivity index (χ1) is 11.3. The van der Waals surface area contributed by atoms with Crippen molar-refractivity contribution in [1.29, 1.82) is 0 Å². The molecule has 4 rings (SSSR count). The van der Waals surface area contributed by atoms with Crippen LogP contribution in [-0.4, -0.2) is 32.3 Å². The van der Waals surface area contributed by atoms with Gasteiger partial charge in [-0.25, -0.2) is 15.0 Å². The summed E-state index contributed by atoms with van der Waals surface area (Å²) in [4.78, 5) is 12.8. The Morgan fingerprint density at radius 2 is 2.04 bits per heavy atom. The molecule has 3 aromatic rings. The van der Waals surface area contributed by atoms with Gasteiger partial charge in [-0.3, -0.25) is 5.10 Å². The topological polar surface area (TPSA) is 88.6 Å². The van der Waals surface area contributed by atoms with Crippen LogP contribution in [-0.2, 0) is 0 Å². The number of nitrogens with one attached hydrogen (secondary N) is 2. The number of pyridine rings is 1. The molecule has 23 heavy (non-hydrogen) atoms. The van der Waals surface area contributed by atoms with Gasteiger partial charge in [0, 0.05) is 17.7 Å². The lowest BCUT2D eigenvalue weighted by molar-refractivity contribution is 0.413. The Hall–Kier alpha value is -2.70. The lowest BCUT2D eigenvalue weighted by Gasteiger charge is -2.06. The van der Waals surface area contributed by atoms with Crippen LogP contribution >= 0.6 is 0 Å². The summed E-state index contributed by atoms with van der Waals surface area (Å²) in [7, 11) is 1.61. The fourth-order valence-electron chi connectivity index (χ4n) is 3.11. The minimum Gasteiger partial charge on any atom is -0.495 e. The van der Waals surface area contributed by atoms with E-state index in [0.29, 0.717) is 23.1 Å². The molecule has 1 aliphatic rings. The molecule has 0 radical (unpaired) electrons. The van der Waals surface area contributed by atoms with E-state index in [1.807, 2.05) is 6.07 Å². The number of hydrogen-bond acceptors (Lipinski definition) is 6. The SMILES string of the molecule is COc1cnc2ncnc(Nc3cc(C4CCCC4)[nH]n3)c2c1. The van der Waals surface area contributed by atoms with Crippen molar-refractivity contribution in [2.24, 2.45) is 0 Å². The largest absolute Gasteiger partial charge is 0.495 e. The van der Waals surface area contributed by atoms with Crippen LogP contribution in [0.15, 0.2) is 24.7 Å². The van der Waals surface area contributed by atoms with Gasteiger partial charge in [0.05, 0.1) is 18.7 Å². The van der Waals surface area contributed by atoms with Crippen LogP contribution in [0.1, 0.15) is 37.3 Å². The molecule has 3 heterocycles.